The zero-order valence-electron chi connectivity index (χ0n) is 15.9. The predicted octanol–water partition coefficient (Wildman–Crippen LogP) is 7.13. The van der Waals surface area contributed by atoms with Crippen LogP contribution in [-0.4, -0.2) is 4.98 Å². The number of aromatic nitrogens is 1. The number of hydrogen-bond donors (Lipinski definition) is 0. The van der Waals surface area contributed by atoms with Gasteiger partial charge in [-0.05, 0) is 71.0 Å². The third-order valence-electron chi connectivity index (χ3n) is 5.72. The average molecular weight is 347 g/mol. The molecule has 1 heterocycles. The standard InChI is InChI=1S/C26H21N/c1-16-14-17(2)18(3)24(15-16)26-25-22-11-7-6-9-20(22)19-8-4-5-10-21(19)23(25)12-13-27-26/h4-15H,1-3H3. The van der Waals surface area contributed by atoms with E-state index in [1.807, 2.05) is 6.20 Å². The molecule has 0 atom stereocenters. The molecule has 0 aliphatic heterocycles. The van der Waals surface area contributed by atoms with E-state index in [1.54, 1.807) is 0 Å². The van der Waals surface area contributed by atoms with Crippen LogP contribution >= 0.6 is 0 Å². The van der Waals surface area contributed by atoms with Crippen molar-refractivity contribution in [1.82, 2.24) is 4.98 Å². The number of nitrogens with zero attached hydrogens (tertiary/aromatic N) is 1. The van der Waals surface area contributed by atoms with Crippen molar-refractivity contribution in [1.29, 1.82) is 0 Å². The van der Waals surface area contributed by atoms with Crippen molar-refractivity contribution >= 4 is 32.3 Å². The summed E-state index contributed by atoms with van der Waals surface area (Å²) in [6.07, 6.45) is 1.95. The molecule has 0 spiro atoms. The van der Waals surface area contributed by atoms with Crippen LogP contribution < -0.4 is 0 Å². The first kappa shape index (κ1) is 16.0. The Bertz CT molecular complexity index is 1300. The molecule has 27 heavy (non-hydrogen) atoms. The van der Waals surface area contributed by atoms with Crippen LogP contribution in [0.15, 0.2) is 72.9 Å². The first-order chi connectivity index (χ1) is 13.1. The van der Waals surface area contributed by atoms with Crippen molar-refractivity contribution in [2.45, 2.75) is 20.8 Å². The normalized spacial score (nSPS) is 11.5. The molecule has 0 radical (unpaired) electrons. The molecule has 0 aliphatic carbocycles. The lowest BCUT2D eigenvalue weighted by atomic mass is 9.90. The lowest BCUT2D eigenvalue weighted by molar-refractivity contribution is 1.27. The molecule has 0 aliphatic rings. The van der Waals surface area contributed by atoms with Gasteiger partial charge in [0, 0.05) is 17.1 Å². The first-order valence-electron chi connectivity index (χ1n) is 9.41. The maximum atomic E-state index is 4.88. The molecule has 0 unspecified atom stereocenters. The molecule has 1 nitrogen and oxygen atoms in total. The second-order valence-corrected chi connectivity index (χ2v) is 7.43. The Balaban J connectivity index is 2.06. The van der Waals surface area contributed by atoms with E-state index in [4.69, 9.17) is 4.98 Å². The SMILES string of the molecule is Cc1cc(C)c(C)c(-c2nccc3c4ccccc4c4ccccc4c23)c1. The van der Waals surface area contributed by atoms with Gasteiger partial charge in [-0.2, -0.15) is 0 Å². The fourth-order valence-electron chi connectivity index (χ4n) is 4.34. The van der Waals surface area contributed by atoms with Crippen LogP contribution in [0, 0.1) is 20.8 Å². The molecule has 0 amide bonds. The highest BCUT2D eigenvalue weighted by Gasteiger charge is 2.15. The van der Waals surface area contributed by atoms with E-state index in [1.165, 1.54) is 54.6 Å². The van der Waals surface area contributed by atoms with Crippen LogP contribution in [0.3, 0.4) is 0 Å². The van der Waals surface area contributed by atoms with Gasteiger partial charge in [-0.3, -0.25) is 4.98 Å². The molecule has 5 rings (SSSR count). The van der Waals surface area contributed by atoms with Gasteiger partial charge in [0.1, 0.15) is 0 Å². The summed E-state index contributed by atoms with van der Waals surface area (Å²) in [5, 5.41) is 7.67. The molecule has 0 fully saturated rings. The van der Waals surface area contributed by atoms with Crippen LogP contribution in [-0.2, 0) is 0 Å². The summed E-state index contributed by atoms with van der Waals surface area (Å²) in [7, 11) is 0. The van der Waals surface area contributed by atoms with E-state index in [-0.39, 0.29) is 0 Å². The highest BCUT2D eigenvalue weighted by Crippen LogP contribution is 2.40. The van der Waals surface area contributed by atoms with Gasteiger partial charge < -0.3 is 0 Å². The molecule has 1 heteroatoms. The average Bonchev–Trinajstić information content (AvgIpc) is 2.70. The van der Waals surface area contributed by atoms with E-state index in [9.17, 15) is 0 Å². The molecule has 1 aromatic heterocycles. The van der Waals surface area contributed by atoms with Gasteiger partial charge in [0.05, 0.1) is 5.69 Å². The Kier molecular flexibility index (Phi) is 3.51. The van der Waals surface area contributed by atoms with Crippen molar-refractivity contribution in [3.63, 3.8) is 0 Å². The molecular weight excluding hydrogens is 326 g/mol. The maximum absolute atomic E-state index is 4.88. The summed E-state index contributed by atoms with van der Waals surface area (Å²) in [4.78, 5) is 4.88. The van der Waals surface area contributed by atoms with Crippen LogP contribution in [0.1, 0.15) is 16.7 Å². The number of hydrogen-bond acceptors (Lipinski definition) is 1. The van der Waals surface area contributed by atoms with Crippen molar-refractivity contribution in [3.8, 4) is 11.3 Å². The summed E-state index contributed by atoms with van der Waals surface area (Å²) in [5.41, 5.74) is 6.21. The Morgan fingerprint density at radius 3 is 1.85 bits per heavy atom. The smallest absolute Gasteiger partial charge is 0.0789 e. The highest BCUT2D eigenvalue weighted by atomic mass is 14.7. The number of fused-ring (bicyclic) bond motifs is 6. The molecular formula is C26H21N. The third-order valence-corrected chi connectivity index (χ3v) is 5.72. The molecule has 0 bridgehead atoms. The second-order valence-electron chi connectivity index (χ2n) is 7.43. The molecule has 0 saturated heterocycles. The van der Waals surface area contributed by atoms with Crippen LogP contribution in [0.4, 0.5) is 0 Å². The predicted molar refractivity (Wildman–Crippen MR) is 116 cm³/mol. The second kappa shape index (κ2) is 5.92. The summed E-state index contributed by atoms with van der Waals surface area (Å²) in [6.45, 7) is 6.55. The van der Waals surface area contributed by atoms with Gasteiger partial charge in [-0.1, -0.05) is 60.2 Å². The Morgan fingerprint density at radius 1 is 0.630 bits per heavy atom. The van der Waals surface area contributed by atoms with E-state index >= 15 is 0 Å². The zero-order chi connectivity index (χ0) is 18.5. The van der Waals surface area contributed by atoms with Crippen LogP contribution in [0.2, 0.25) is 0 Å². The summed E-state index contributed by atoms with van der Waals surface area (Å²) >= 11 is 0. The minimum Gasteiger partial charge on any atom is -0.256 e. The Hall–Kier alpha value is -3.19. The fraction of sp³-hybridized carbons (Fsp3) is 0.115. The highest BCUT2D eigenvalue weighted by molar-refractivity contribution is 6.27. The largest absolute Gasteiger partial charge is 0.256 e. The Morgan fingerprint density at radius 2 is 1.19 bits per heavy atom. The zero-order valence-corrected chi connectivity index (χ0v) is 15.9. The van der Waals surface area contributed by atoms with E-state index in [0.29, 0.717) is 0 Å². The first-order valence-corrected chi connectivity index (χ1v) is 9.41. The van der Waals surface area contributed by atoms with Crippen LogP contribution in [0.5, 0.6) is 0 Å². The minimum absolute atomic E-state index is 1.08. The number of rotatable bonds is 1. The summed E-state index contributed by atoms with van der Waals surface area (Å²) < 4.78 is 0. The molecule has 0 saturated carbocycles. The van der Waals surface area contributed by atoms with Gasteiger partial charge in [-0.25, -0.2) is 0 Å². The van der Waals surface area contributed by atoms with Gasteiger partial charge in [0.25, 0.3) is 0 Å². The van der Waals surface area contributed by atoms with Crippen molar-refractivity contribution in [2.24, 2.45) is 0 Å². The van der Waals surface area contributed by atoms with Gasteiger partial charge in [0.15, 0.2) is 0 Å². The van der Waals surface area contributed by atoms with Gasteiger partial charge >= 0.3 is 0 Å². The number of benzene rings is 4. The summed E-state index contributed by atoms with van der Waals surface area (Å²) in [5.74, 6) is 0. The Labute approximate surface area is 159 Å². The topological polar surface area (TPSA) is 12.9 Å². The minimum atomic E-state index is 1.08. The van der Waals surface area contributed by atoms with Crippen LogP contribution in [0.25, 0.3) is 43.6 Å². The lowest BCUT2D eigenvalue weighted by Gasteiger charge is -2.16. The van der Waals surface area contributed by atoms with E-state index in [2.05, 4.69) is 87.5 Å². The van der Waals surface area contributed by atoms with Gasteiger partial charge in [-0.15, -0.1) is 0 Å². The van der Waals surface area contributed by atoms with Crippen molar-refractivity contribution in [3.05, 3.63) is 89.6 Å². The third kappa shape index (κ3) is 2.35. The van der Waals surface area contributed by atoms with Crippen molar-refractivity contribution in [2.75, 3.05) is 0 Å². The lowest BCUT2D eigenvalue weighted by Crippen LogP contribution is -1.94. The molecule has 0 N–H and O–H groups in total. The number of aryl methyl sites for hydroxylation is 2. The summed E-state index contributed by atoms with van der Waals surface area (Å²) in [6, 6.07) is 24.1. The van der Waals surface area contributed by atoms with E-state index in [0.717, 1.165) is 5.69 Å². The van der Waals surface area contributed by atoms with Gasteiger partial charge in [0.2, 0.25) is 0 Å². The molecule has 4 aromatic carbocycles. The van der Waals surface area contributed by atoms with Crippen molar-refractivity contribution < 1.29 is 0 Å². The number of pyridine rings is 1. The molecule has 5 aromatic rings. The quantitative estimate of drug-likeness (QED) is 0.294. The molecule has 130 valence electrons. The fourth-order valence-corrected chi connectivity index (χ4v) is 4.34. The monoisotopic (exact) mass is 347 g/mol. The maximum Gasteiger partial charge on any atom is 0.0789 e. The van der Waals surface area contributed by atoms with E-state index < -0.39 is 0 Å².